The molecule has 152 valence electrons. The molecule has 6 heteroatoms. The van der Waals surface area contributed by atoms with Crippen LogP contribution in [0.1, 0.15) is 30.9 Å². The van der Waals surface area contributed by atoms with Gasteiger partial charge in [-0.2, -0.15) is 0 Å². The highest BCUT2D eigenvalue weighted by Crippen LogP contribution is 2.26. The molecule has 0 aliphatic carbocycles. The first-order valence-electron chi connectivity index (χ1n) is 9.74. The van der Waals surface area contributed by atoms with Gasteiger partial charge in [0.05, 0.1) is 18.9 Å². The smallest absolute Gasteiger partial charge is 0.226 e. The Bertz CT molecular complexity index is 951. The Kier molecular flexibility index (Phi) is 7.25. The summed E-state index contributed by atoms with van der Waals surface area (Å²) in [5.41, 5.74) is 4.17. The van der Waals surface area contributed by atoms with Crippen LogP contribution in [0.5, 0.6) is 11.5 Å². The van der Waals surface area contributed by atoms with Gasteiger partial charge in [-0.05, 0) is 68.7 Å². The fourth-order valence-electron chi connectivity index (χ4n) is 2.83. The van der Waals surface area contributed by atoms with Crippen molar-refractivity contribution in [3.8, 4) is 22.8 Å². The Hall–Kier alpha value is -2.86. The molecule has 0 saturated heterocycles. The SMILES string of the molecule is CCOc1ccc(-c2csc(NC(=O)CCCOc3cccc(C)c3C)n2)cc1. The van der Waals surface area contributed by atoms with Gasteiger partial charge in [0.15, 0.2) is 5.13 Å². The molecule has 0 unspecified atom stereocenters. The maximum atomic E-state index is 12.2. The van der Waals surface area contributed by atoms with E-state index in [1.165, 1.54) is 16.9 Å². The second-order valence-corrected chi connectivity index (χ2v) is 7.55. The van der Waals surface area contributed by atoms with Gasteiger partial charge in [-0.15, -0.1) is 11.3 Å². The molecule has 1 aromatic heterocycles. The summed E-state index contributed by atoms with van der Waals surface area (Å²) in [5, 5.41) is 5.42. The van der Waals surface area contributed by atoms with E-state index < -0.39 is 0 Å². The Balaban J connectivity index is 1.45. The van der Waals surface area contributed by atoms with Gasteiger partial charge in [-0.1, -0.05) is 12.1 Å². The molecule has 0 spiro atoms. The summed E-state index contributed by atoms with van der Waals surface area (Å²) < 4.78 is 11.3. The van der Waals surface area contributed by atoms with Gasteiger partial charge in [0, 0.05) is 17.4 Å². The van der Waals surface area contributed by atoms with E-state index in [0.717, 1.165) is 28.3 Å². The minimum atomic E-state index is -0.0536. The highest BCUT2D eigenvalue weighted by molar-refractivity contribution is 7.14. The average Bonchev–Trinajstić information content (AvgIpc) is 3.17. The molecule has 0 atom stereocenters. The number of ether oxygens (including phenoxy) is 2. The van der Waals surface area contributed by atoms with Crippen molar-refractivity contribution in [1.29, 1.82) is 0 Å². The summed E-state index contributed by atoms with van der Waals surface area (Å²) in [6.45, 7) is 7.21. The monoisotopic (exact) mass is 410 g/mol. The minimum Gasteiger partial charge on any atom is -0.494 e. The number of hydrogen-bond donors (Lipinski definition) is 1. The maximum Gasteiger partial charge on any atom is 0.226 e. The number of aromatic nitrogens is 1. The third-order valence-electron chi connectivity index (χ3n) is 4.57. The summed E-state index contributed by atoms with van der Waals surface area (Å²) in [4.78, 5) is 16.7. The number of anilines is 1. The van der Waals surface area contributed by atoms with Gasteiger partial charge < -0.3 is 14.8 Å². The first-order chi connectivity index (χ1) is 14.1. The topological polar surface area (TPSA) is 60.5 Å². The zero-order valence-electron chi connectivity index (χ0n) is 17.0. The summed E-state index contributed by atoms with van der Waals surface area (Å²) in [5.74, 6) is 1.66. The van der Waals surface area contributed by atoms with Crippen molar-refractivity contribution in [2.24, 2.45) is 0 Å². The van der Waals surface area contributed by atoms with Crippen molar-refractivity contribution >= 4 is 22.4 Å². The standard InChI is InChI=1S/C23H26N2O3S/c1-4-27-19-12-10-18(11-13-19)20-15-29-23(24-20)25-22(26)9-6-14-28-21-8-5-7-16(2)17(21)3/h5,7-8,10-13,15H,4,6,9,14H2,1-3H3,(H,24,25,26). The zero-order valence-corrected chi connectivity index (χ0v) is 17.8. The van der Waals surface area contributed by atoms with E-state index in [2.05, 4.69) is 23.3 Å². The molecule has 0 radical (unpaired) electrons. The van der Waals surface area contributed by atoms with Gasteiger partial charge in [-0.25, -0.2) is 4.98 Å². The predicted octanol–water partition coefficient (Wildman–Crippen LogP) is 5.62. The number of nitrogens with zero attached hydrogens (tertiary/aromatic N) is 1. The van der Waals surface area contributed by atoms with Gasteiger partial charge in [0.2, 0.25) is 5.91 Å². The summed E-state index contributed by atoms with van der Waals surface area (Å²) in [6, 6.07) is 13.8. The van der Waals surface area contributed by atoms with E-state index >= 15 is 0 Å². The number of benzene rings is 2. The average molecular weight is 411 g/mol. The highest BCUT2D eigenvalue weighted by atomic mass is 32.1. The van der Waals surface area contributed by atoms with Crippen LogP contribution in [0, 0.1) is 13.8 Å². The largest absolute Gasteiger partial charge is 0.494 e. The zero-order chi connectivity index (χ0) is 20.6. The molecule has 1 N–H and O–H groups in total. The lowest BCUT2D eigenvalue weighted by molar-refractivity contribution is -0.116. The third-order valence-corrected chi connectivity index (χ3v) is 5.33. The van der Waals surface area contributed by atoms with Crippen molar-refractivity contribution in [2.45, 2.75) is 33.6 Å². The van der Waals surface area contributed by atoms with Crippen LogP contribution < -0.4 is 14.8 Å². The highest BCUT2D eigenvalue weighted by Gasteiger charge is 2.09. The van der Waals surface area contributed by atoms with Crippen LogP contribution in [0.4, 0.5) is 5.13 Å². The Morgan fingerprint density at radius 2 is 1.90 bits per heavy atom. The van der Waals surface area contributed by atoms with Crippen molar-refractivity contribution in [3.05, 3.63) is 59.0 Å². The Morgan fingerprint density at radius 1 is 1.10 bits per heavy atom. The van der Waals surface area contributed by atoms with E-state index in [1.807, 2.05) is 55.6 Å². The van der Waals surface area contributed by atoms with Crippen LogP contribution in [-0.2, 0) is 4.79 Å². The fourth-order valence-corrected chi connectivity index (χ4v) is 3.57. The third kappa shape index (κ3) is 5.81. The molecular weight excluding hydrogens is 384 g/mol. The second-order valence-electron chi connectivity index (χ2n) is 6.69. The summed E-state index contributed by atoms with van der Waals surface area (Å²) in [6.07, 6.45) is 1.04. The number of nitrogens with one attached hydrogen (secondary N) is 1. The summed E-state index contributed by atoms with van der Waals surface area (Å²) in [7, 11) is 0. The van der Waals surface area contributed by atoms with Crippen molar-refractivity contribution in [1.82, 2.24) is 4.98 Å². The van der Waals surface area contributed by atoms with Gasteiger partial charge in [0.1, 0.15) is 11.5 Å². The number of hydrogen-bond acceptors (Lipinski definition) is 5. The van der Waals surface area contributed by atoms with Crippen LogP contribution in [-0.4, -0.2) is 24.1 Å². The molecule has 0 saturated carbocycles. The summed E-state index contributed by atoms with van der Waals surface area (Å²) >= 11 is 1.42. The fraction of sp³-hybridized carbons (Fsp3) is 0.304. The van der Waals surface area contributed by atoms with E-state index in [1.54, 1.807) is 0 Å². The lowest BCUT2D eigenvalue weighted by Gasteiger charge is -2.10. The second kappa shape index (κ2) is 10.1. The molecule has 2 aromatic carbocycles. The minimum absolute atomic E-state index is 0.0536. The first kappa shape index (κ1) is 20.9. The van der Waals surface area contributed by atoms with Gasteiger partial charge >= 0.3 is 0 Å². The van der Waals surface area contributed by atoms with Crippen LogP contribution in [0.15, 0.2) is 47.8 Å². The van der Waals surface area contributed by atoms with Gasteiger partial charge in [0.25, 0.3) is 0 Å². The first-order valence-corrected chi connectivity index (χ1v) is 10.6. The van der Waals surface area contributed by atoms with Crippen molar-refractivity contribution in [3.63, 3.8) is 0 Å². The lowest BCUT2D eigenvalue weighted by Crippen LogP contribution is -2.12. The quantitative estimate of drug-likeness (QED) is 0.465. The molecular formula is C23H26N2O3S. The van der Waals surface area contributed by atoms with E-state index in [-0.39, 0.29) is 5.91 Å². The number of carbonyl (C=O) groups is 1. The molecule has 5 nitrogen and oxygen atoms in total. The maximum absolute atomic E-state index is 12.2. The van der Waals surface area contributed by atoms with Crippen molar-refractivity contribution in [2.75, 3.05) is 18.5 Å². The van der Waals surface area contributed by atoms with E-state index in [9.17, 15) is 4.79 Å². The normalized spacial score (nSPS) is 10.6. The number of aryl methyl sites for hydroxylation is 1. The van der Waals surface area contributed by atoms with Crippen LogP contribution in [0.25, 0.3) is 11.3 Å². The van der Waals surface area contributed by atoms with Crippen LogP contribution in [0.3, 0.4) is 0 Å². The molecule has 0 fully saturated rings. The Morgan fingerprint density at radius 3 is 2.66 bits per heavy atom. The van der Waals surface area contributed by atoms with Crippen LogP contribution in [0.2, 0.25) is 0 Å². The molecule has 1 amide bonds. The Labute approximate surface area is 175 Å². The van der Waals surface area contributed by atoms with Crippen molar-refractivity contribution < 1.29 is 14.3 Å². The van der Waals surface area contributed by atoms with Crippen LogP contribution >= 0.6 is 11.3 Å². The number of carbonyl (C=O) groups excluding carboxylic acids is 1. The molecule has 0 aliphatic rings. The van der Waals surface area contributed by atoms with E-state index in [4.69, 9.17) is 9.47 Å². The number of rotatable bonds is 9. The van der Waals surface area contributed by atoms with E-state index in [0.29, 0.717) is 31.2 Å². The molecule has 0 bridgehead atoms. The lowest BCUT2D eigenvalue weighted by atomic mass is 10.1. The molecule has 29 heavy (non-hydrogen) atoms. The number of thiazole rings is 1. The number of amides is 1. The molecule has 3 rings (SSSR count). The predicted molar refractivity (Wildman–Crippen MR) is 118 cm³/mol. The molecule has 0 aliphatic heterocycles. The van der Waals surface area contributed by atoms with Gasteiger partial charge in [-0.3, -0.25) is 4.79 Å². The molecule has 1 heterocycles. The molecule has 3 aromatic rings.